The average molecular weight is 196 g/mol. The Labute approximate surface area is 80.8 Å². The Morgan fingerprint density at radius 1 is 1.38 bits per heavy atom. The number of carboxylic acids is 1. The maximum absolute atomic E-state index is 10.7. The van der Waals surface area contributed by atoms with Gasteiger partial charge in [0.15, 0.2) is 11.0 Å². The third kappa shape index (κ3) is 1.72. The SMILES string of the molecule is O=CC(S)(C(=O)O)c1ccccc1. The van der Waals surface area contributed by atoms with Crippen molar-refractivity contribution in [3.63, 3.8) is 0 Å². The summed E-state index contributed by atoms with van der Waals surface area (Å²) in [6.07, 6.45) is 0.313. The summed E-state index contributed by atoms with van der Waals surface area (Å²) >= 11 is 3.84. The normalized spacial score (nSPS) is 14.5. The topological polar surface area (TPSA) is 54.4 Å². The second-order valence-corrected chi connectivity index (χ2v) is 3.26. The van der Waals surface area contributed by atoms with Crippen molar-refractivity contribution in [3.8, 4) is 0 Å². The molecule has 0 aromatic heterocycles. The zero-order chi connectivity index (χ0) is 9.90. The number of thiol groups is 1. The first-order valence-electron chi connectivity index (χ1n) is 3.59. The van der Waals surface area contributed by atoms with Crippen LogP contribution in [0.1, 0.15) is 5.56 Å². The predicted molar refractivity (Wildman–Crippen MR) is 50.8 cm³/mol. The Bertz CT molecular complexity index is 323. The van der Waals surface area contributed by atoms with Crippen LogP contribution in [-0.2, 0) is 14.3 Å². The lowest BCUT2D eigenvalue weighted by Gasteiger charge is -2.16. The number of carboxylic acid groups (broad SMARTS) is 1. The van der Waals surface area contributed by atoms with E-state index in [1.807, 2.05) is 0 Å². The van der Waals surface area contributed by atoms with E-state index < -0.39 is 10.7 Å². The summed E-state index contributed by atoms with van der Waals surface area (Å²) in [5.74, 6) is -1.27. The van der Waals surface area contributed by atoms with Crippen LogP contribution in [0.2, 0.25) is 0 Å². The molecule has 0 aliphatic heterocycles. The van der Waals surface area contributed by atoms with Crippen LogP contribution in [0.25, 0.3) is 0 Å². The van der Waals surface area contributed by atoms with Gasteiger partial charge in [0.2, 0.25) is 0 Å². The number of rotatable bonds is 3. The van der Waals surface area contributed by atoms with Crippen molar-refractivity contribution in [2.75, 3.05) is 0 Å². The van der Waals surface area contributed by atoms with E-state index >= 15 is 0 Å². The molecule has 0 spiro atoms. The number of benzene rings is 1. The van der Waals surface area contributed by atoms with Crippen molar-refractivity contribution >= 4 is 24.9 Å². The lowest BCUT2D eigenvalue weighted by Crippen LogP contribution is -2.31. The molecular formula is C9H8O3S. The summed E-state index contributed by atoms with van der Waals surface area (Å²) in [5.41, 5.74) is 0.362. The van der Waals surface area contributed by atoms with Gasteiger partial charge in [-0.3, -0.25) is 0 Å². The van der Waals surface area contributed by atoms with Gasteiger partial charge in [-0.05, 0) is 5.56 Å². The van der Waals surface area contributed by atoms with Crippen molar-refractivity contribution in [2.24, 2.45) is 0 Å². The third-order valence-corrected chi connectivity index (χ3v) is 2.27. The Hall–Kier alpha value is -1.29. The fourth-order valence-corrected chi connectivity index (χ4v) is 1.08. The molecule has 1 rings (SSSR count). The number of carbonyl (C=O) groups excluding carboxylic acids is 1. The van der Waals surface area contributed by atoms with Gasteiger partial charge in [0.05, 0.1) is 0 Å². The van der Waals surface area contributed by atoms with Crippen LogP contribution in [-0.4, -0.2) is 17.4 Å². The standard InChI is InChI=1S/C9H8O3S/c10-6-9(13,8(11)12)7-4-2-1-3-5-7/h1-6,13H,(H,11,12). The smallest absolute Gasteiger partial charge is 0.331 e. The minimum absolute atomic E-state index is 0.313. The number of aldehydes is 1. The Morgan fingerprint density at radius 3 is 2.31 bits per heavy atom. The zero-order valence-corrected chi connectivity index (χ0v) is 7.57. The first-order valence-corrected chi connectivity index (χ1v) is 4.03. The van der Waals surface area contributed by atoms with E-state index in [4.69, 9.17) is 5.11 Å². The Balaban J connectivity index is 3.18. The van der Waals surface area contributed by atoms with Gasteiger partial charge in [0, 0.05) is 0 Å². The maximum Gasteiger partial charge on any atom is 0.331 e. The average Bonchev–Trinajstić information content (AvgIpc) is 2.17. The second kappa shape index (κ2) is 3.62. The van der Waals surface area contributed by atoms with Gasteiger partial charge in [-0.2, -0.15) is 0 Å². The van der Waals surface area contributed by atoms with Crippen molar-refractivity contribution < 1.29 is 14.7 Å². The summed E-state index contributed by atoms with van der Waals surface area (Å²) < 4.78 is -1.73. The molecule has 13 heavy (non-hydrogen) atoms. The van der Waals surface area contributed by atoms with E-state index in [0.717, 1.165) is 0 Å². The van der Waals surface area contributed by atoms with E-state index in [-0.39, 0.29) is 0 Å². The number of aliphatic carboxylic acids is 1. The quantitative estimate of drug-likeness (QED) is 0.432. The highest BCUT2D eigenvalue weighted by molar-refractivity contribution is 7.83. The minimum Gasteiger partial charge on any atom is -0.480 e. The van der Waals surface area contributed by atoms with Crippen molar-refractivity contribution in [2.45, 2.75) is 4.75 Å². The molecule has 0 heterocycles. The van der Waals surface area contributed by atoms with Gasteiger partial charge in [0.25, 0.3) is 0 Å². The molecule has 1 aromatic carbocycles. The van der Waals surface area contributed by atoms with E-state index in [0.29, 0.717) is 11.8 Å². The highest BCUT2D eigenvalue weighted by Crippen LogP contribution is 2.26. The van der Waals surface area contributed by atoms with Crippen molar-refractivity contribution in [3.05, 3.63) is 35.9 Å². The van der Waals surface area contributed by atoms with Gasteiger partial charge in [0.1, 0.15) is 0 Å². The summed E-state index contributed by atoms with van der Waals surface area (Å²) in [7, 11) is 0. The van der Waals surface area contributed by atoms with Crippen LogP contribution >= 0.6 is 12.6 Å². The molecule has 0 bridgehead atoms. The molecule has 4 heteroatoms. The second-order valence-electron chi connectivity index (χ2n) is 2.56. The van der Waals surface area contributed by atoms with Gasteiger partial charge >= 0.3 is 5.97 Å². The van der Waals surface area contributed by atoms with Crippen molar-refractivity contribution in [1.82, 2.24) is 0 Å². The Kier molecular flexibility index (Phi) is 2.72. The highest BCUT2D eigenvalue weighted by Gasteiger charge is 2.36. The molecule has 0 aliphatic carbocycles. The monoisotopic (exact) mass is 196 g/mol. The molecule has 0 aliphatic rings. The third-order valence-electron chi connectivity index (χ3n) is 1.71. The number of hydrogen-bond acceptors (Lipinski definition) is 3. The van der Waals surface area contributed by atoms with E-state index in [1.165, 1.54) is 0 Å². The molecule has 1 unspecified atom stereocenters. The number of hydrogen-bond donors (Lipinski definition) is 2. The fourth-order valence-electron chi connectivity index (χ4n) is 0.934. The maximum atomic E-state index is 10.7. The summed E-state index contributed by atoms with van der Waals surface area (Å²) in [6, 6.07) is 8.16. The predicted octanol–water partition coefficient (Wildman–Crippen LogP) is 1.10. The van der Waals surface area contributed by atoms with E-state index in [2.05, 4.69) is 12.6 Å². The molecule has 1 atom stereocenters. The zero-order valence-electron chi connectivity index (χ0n) is 6.68. The first kappa shape index (κ1) is 9.80. The molecule has 1 N–H and O–H groups in total. The van der Waals surface area contributed by atoms with Crippen LogP contribution in [0.15, 0.2) is 30.3 Å². The molecule has 1 aromatic rings. The van der Waals surface area contributed by atoms with Crippen LogP contribution in [0, 0.1) is 0 Å². The van der Waals surface area contributed by atoms with Crippen molar-refractivity contribution in [1.29, 1.82) is 0 Å². The molecule has 0 radical (unpaired) electrons. The summed E-state index contributed by atoms with van der Waals surface area (Å²) in [6.45, 7) is 0. The van der Waals surface area contributed by atoms with Crippen LogP contribution < -0.4 is 0 Å². The lowest BCUT2D eigenvalue weighted by molar-refractivity contribution is -0.141. The highest BCUT2D eigenvalue weighted by atomic mass is 32.1. The Morgan fingerprint density at radius 2 is 1.92 bits per heavy atom. The van der Waals surface area contributed by atoms with Gasteiger partial charge < -0.3 is 9.90 Å². The largest absolute Gasteiger partial charge is 0.480 e. The number of carbonyl (C=O) groups is 2. The van der Waals surface area contributed by atoms with Crippen LogP contribution in [0.3, 0.4) is 0 Å². The molecular weight excluding hydrogens is 188 g/mol. The van der Waals surface area contributed by atoms with Gasteiger partial charge in [-0.15, -0.1) is 12.6 Å². The van der Waals surface area contributed by atoms with E-state index in [9.17, 15) is 9.59 Å². The minimum atomic E-state index is -1.73. The van der Waals surface area contributed by atoms with Crippen LogP contribution in [0.4, 0.5) is 0 Å². The summed E-state index contributed by atoms with van der Waals surface area (Å²) in [5, 5.41) is 8.78. The van der Waals surface area contributed by atoms with E-state index in [1.54, 1.807) is 30.3 Å². The first-order chi connectivity index (χ1) is 6.11. The fraction of sp³-hybridized carbons (Fsp3) is 0.111. The van der Waals surface area contributed by atoms with Gasteiger partial charge in [-0.1, -0.05) is 30.3 Å². The summed E-state index contributed by atoms with van der Waals surface area (Å²) in [4.78, 5) is 21.4. The molecule has 0 saturated carbocycles. The van der Waals surface area contributed by atoms with Gasteiger partial charge in [-0.25, -0.2) is 4.79 Å². The van der Waals surface area contributed by atoms with Crippen LogP contribution in [0.5, 0.6) is 0 Å². The molecule has 0 saturated heterocycles. The molecule has 0 fully saturated rings. The molecule has 68 valence electrons. The lowest BCUT2D eigenvalue weighted by atomic mass is 10.00. The molecule has 3 nitrogen and oxygen atoms in total. The molecule has 0 amide bonds.